The summed E-state index contributed by atoms with van der Waals surface area (Å²) in [7, 11) is 0. The number of nitrogens with one attached hydrogen (secondary N) is 2. The maximum atomic E-state index is 12.8. The van der Waals surface area contributed by atoms with E-state index >= 15 is 0 Å². The van der Waals surface area contributed by atoms with Crippen LogP contribution in [0.25, 0.3) is 0 Å². The molecule has 0 radical (unpaired) electrons. The lowest BCUT2D eigenvalue weighted by Crippen LogP contribution is -2.19. The van der Waals surface area contributed by atoms with Gasteiger partial charge in [-0.25, -0.2) is 4.79 Å². The summed E-state index contributed by atoms with van der Waals surface area (Å²) in [5, 5.41) is 10.0. The number of para-hydroxylation sites is 1. The number of carbonyl (C=O) groups is 2. The van der Waals surface area contributed by atoms with Gasteiger partial charge in [-0.2, -0.15) is 5.10 Å². The van der Waals surface area contributed by atoms with Gasteiger partial charge in [-0.3, -0.25) is 14.8 Å². The van der Waals surface area contributed by atoms with Crippen LogP contribution in [0.5, 0.6) is 0 Å². The molecule has 0 aliphatic rings. The zero-order chi connectivity index (χ0) is 19.1. The maximum Gasteiger partial charge on any atom is 0.411 e. The number of hydrogen-bond acceptors (Lipinski definition) is 4. The first-order valence-electron chi connectivity index (χ1n) is 8.86. The Morgan fingerprint density at radius 3 is 2.58 bits per heavy atom. The van der Waals surface area contributed by atoms with Crippen LogP contribution in [0.2, 0.25) is 0 Å². The minimum Gasteiger partial charge on any atom is -0.450 e. The summed E-state index contributed by atoms with van der Waals surface area (Å²) in [6, 6.07) is 6.81. The molecular weight excluding hydrogens is 332 g/mol. The van der Waals surface area contributed by atoms with Crippen molar-refractivity contribution in [1.29, 1.82) is 0 Å². The largest absolute Gasteiger partial charge is 0.450 e. The number of rotatable bonds is 7. The van der Waals surface area contributed by atoms with E-state index in [0.717, 1.165) is 30.8 Å². The molecule has 2 amide bonds. The van der Waals surface area contributed by atoms with Crippen molar-refractivity contribution in [3.05, 3.63) is 41.2 Å². The lowest BCUT2D eigenvalue weighted by Gasteiger charge is -2.11. The predicted octanol–water partition coefficient (Wildman–Crippen LogP) is 4.12. The van der Waals surface area contributed by atoms with Gasteiger partial charge >= 0.3 is 6.09 Å². The van der Waals surface area contributed by atoms with Gasteiger partial charge in [0.15, 0.2) is 0 Å². The number of carbonyl (C=O) groups excluding carboxylic acids is 2. The molecule has 26 heavy (non-hydrogen) atoms. The highest BCUT2D eigenvalue weighted by Crippen LogP contribution is 2.23. The molecule has 1 heterocycles. The van der Waals surface area contributed by atoms with Crippen molar-refractivity contribution in [2.24, 2.45) is 0 Å². The van der Waals surface area contributed by atoms with E-state index in [0.29, 0.717) is 16.9 Å². The topological polar surface area (TPSA) is 85.3 Å². The zero-order valence-electron chi connectivity index (χ0n) is 15.8. The third kappa shape index (κ3) is 4.62. The van der Waals surface area contributed by atoms with Crippen LogP contribution in [0, 0.1) is 13.8 Å². The Morgan fingerprint density at radius 2 is 1.88 bits per heavy atom. The third-order valence-electron chi connectivity index (χ3n) is 4.03. The molecule has 7 heteroatoms. The Labute approximate surface area is 153 Å². The second-order valence-electron chi connectivity index (χ2n) is 5.97. The van der Waals surface area contributed by atoms with E-state index in [1.807, 2.05) is 18.5 Å². The average Bonchev–Trinajstić information content (AvgIpc) is 2.88. The highest BCUT2D eigenvalue weighted by atomic mass is 16.5. The molecule has 0 unspecified atom stereocenters. The molecule has 0 spiro atoms. The molecule has 0 saturated heterocycles. The monoisotopic (exact) mass is 358 g/mol. The zero-order valence-corrected chi connectivity index (χ0v) is 15.8. The number of amides is 2. The quantitative estimate of drug-likeness (QED) is 0.779. The normalized spacial score (nSPS) is 10.5. The van der Waals surface area contributed by atoms with E-state index in [-0.39, 0.29) is 12.5 Å². The van der Waals surface area contributed by atoms with Crippen LogP contribution in [0.3, 0.4) is 0 Å². The van der Waals surface area contributed by atoms with Crippen LogP contribution in [-0.2, 0) is 11.3 Å². The fourth-order valence-electron chi connectivity index (χ4n) is 2.65. The number of aromatic nitrogens is 2. The Kier molecular flexibility index (Phi) is 6.77. The van der Waals surface area contributed by atoms with Crippen molar-refractivity contribution in [2.75, 3.05) is 17.2 Å². The van der Waals surface area contributed by atoms with Gasteiger partial charge in [0.1, 0.15) is 0 Å². The molecular formula is C19H26N4O3. The summed E-state index contributed by atoms with van der Waals surface area (Å²) < 4.78 is 6.80. The molecule has 0 aliphatic heterocycles. The summed E-state index contributed by atoms with van der Waals surface area (Å²) in [4.78, 5) is 24.4. The second-order valence-corrected chi connectivity index (χ2v) is 5.97. The molecule has 0 fully saturated rings. The van der Waals surface area contributed by atoms with Crippen molar-refractivity contribution < 1.29 is 14.3 Å². The number of aryl methyl sites for hydroxylation is 2. The number of ether oxygens (including phenoxy) is 1. The van der Waals surface area contributed by atoms with Crippen molar-refractivity contribution in [2.45, 2.75) is 47.1 Å². The van der Waals surface area contributed by atoms with Gasteiger partial charge in [0, 0.05) is 6.54 Å². The Bertz CT molecular complexity index is 783. The summed E-state index contributed by atoms with van der Waals surface area (Å²) >= 11 is 0. The first kappa shape index (κ1) is 19.5. The van der Waals surface area contributed by atoms with E-state index in [1.54, 1.807) is 31.2 Å². The number of unbranched alkanes of at least 4 members (excludes halogenated alkanes) is 1. The second kappa shape index (κ2) is 9.03. The SMILES string of the molecule is CCCCn1nc(C)c(NC(=O)c2ccccc2NC(=O)OCC)c1C. The lowest BCUT2D eigenvalue weighted by molar-refractivity contribution is 0.102. The van der Waals surface area contributed by atoms with E-state index in [1.165, 1.54) is 0 Å². The molecule has 1 aromatic heterocycles. The third-order valence-corrected chi connectivity index (χ3v) is 4.03. The van der Waals surface area contributed by atoms with Gasteiger partial charge in [0.25, 0.3) is 5.91 Å². The Morgan fingerprint density at radius 1 is 1.15 bits per heavy atom. The minimum atomic E-state index is -0.590. The van der Waals surface area contributed by atoms with Crippen LogP contribution in [-0.4, -0.2) is 28.4 Å². The molecule has 0 saturated carbocycles. The van der Waals surface area contributed by atoms with Gasteiger partial charge in [-0.05, 0) is 39.3 Å². The van der Waals surface area contributed by atoms with E-state index < -0.39 is 6.09 Å². The molecule has 2 N–H and O–H groups in total. The summed E-state index contributed by atoms with van der Waals surface area (Å²) in [6.45, 7) is 8.74. The predicted molar refractivity (Wildman–Crippen MR) is 102 cm³/mol. The summed E-state index contributed by atoms with van der Waals surface area (Å²) in [5.74, 6) is -0.307. The number of hydrogen-bond donors (Lipinski definition) is 2. The van der Waals surface area contributed by atoms with Gasteiger partial charge in [-0.15, -0.1) is 0 Å². The molecule has 0 atom stereocenters. The van der Waals surface area contributed by atoms with Gasteiger partial charge in [0.2, 0.25) is 0 Å². The standard InChI is InChI=1S/C19H26N4O3/c1-5-7-12-23-14(4)17(13(3)22-23)21-18(24)15-10-8-9-11-16(15)20-19(25)26-6-2/h8-11H,5-7,12H2,1-4H3,(H,20,25)(H,21,24). The van der Waals surface area contributed by atoms with Gasteiger partial charge in [0.05, 0.1) is 34.9 Å². The van der Waals surface area contributed by atoms with Crippen molar-refractivity contribution in [3.63, 3.8) is 0 Å². The molecule has 7 nitrogen and oxygen atoms in total. The first-order valence-corrected chi connectivity index (χ1v) is 8.86. The van der Waals surface area contributed by atoms with Crippen LogP contribution in [0.1, 0.15) is 48.4 Å². The van der Waals surface area contributed by atoms with Gasteiger partial charge < -0.3 is 10.1 Å². The van der Waals surface area contributed by atoms with Gasteiger partial charge in [-0.1, -0.05) is 25.5 Å². The number of benzene rings is 1. The van der Waals surface area contributed by atoms with Crippen LogP contribution < -0.4 is 10.6 Å². The molecule has 140 valence electrons. The average molecular weight is 358 g/mol. The molecule has 2 rings (SSSR count). The van der Waals surface area contributed by atoms with E-state index in [9.17, 15) is 9.59 Å². The van der Waals surface area contributed by atoms with Crippen LogP contribution in [0.15, 0.2) is 24.3 Å². The number of anilines is 2. The summed E-state index contributed by atoms with van der Waals surface area (Å²) in [6.07, 6.45) is 1.52. The molecule has 1 aromatic carbocycles. The van der Waals surface area contributed by atoms with E-state index in [4.69, 9.17) is 4.74 Å². The van der Waals surface area contributed by atoms with E-state index in [2.05, 4.69) is 22.7 Å². The fraction of sp³-hybridized carbons (Fsp3) is 0.421. The molecule has 2 aromatic rings. The smallest absolute Gasteiger partial charge is 0.411 e. The van der Waals surface area contributed by atoms with Crippen molar-refractivity contribution >= 4 is 23.4 Å². The Hall–Kier alpha value is -2.83. The summed E-state index contributed by atoms with van der Waals surface area (Å²) in [5.41, 5.74) is 3.15. The highest BCUT2D eigenvalue weighted by molar-refractivity contribution is 6.10. The van der Waals surface area contributed by atoms with Crippen LogP contribution >= 0.6 is 0 Å². The van der Waals surface area contributed by atoms with Crippen LogP contribution in [0.4, 0.5) is 16.2 Å². The lowest BCUT2D eigenvalue weighted by atomic mass is 10.1. The maximum absolute atomic E-state index is 12.8. The number of nitrogens with zero attached hydrogens (tertiary/aromatic N) is 2. The molecule has 0 aliphatic carbocycles. The highest BCUT2D eigenvalue weighted by Gasteiger charge is 2.18. The first-order chi connectivity index (χ1) is 12.5. The fourth-order valence-corrected chi connectivity index (χ4v) is 2.65. The molecule has 0 bridgehead atoms. The van der Waals surface area contributed by atoms with Crippen molar-refractivity contribution in [1.82, 2.24) is 9.78 Å². The Balaban J connectivity index is 2.21. The minimum absolute atomic E-state index is 0.259. The van der Waals surface area contributed by atoms with Crippen molar-refractivity contribution in [3.8, 4) is 0 Å².